The molecule has 26 heteroatoms. The first-order chi connectivity index (χ1) is 37.7. The third-order valence-corrected chi connectivity index (χ3v) is 14.2. The van der Waals surface area contributed by atoms with Gasteiger partial charge in [0, 0.05) is 60.5 Å². The fourth-order valence-electron chi connectivity index (χ4n) is 9.96. The van der Waals surface area contributed by atoms with Crippen LogP contribution in [0.2, 0.25) is 0 Å². The molecule has 0 saturated carbocycles. The van der Waals surface area contributed by atoms with Crippen molar-refractivity contribution in [2.75, 3.05) is 32.7 Å². The average molecular weight is 1090 g/mol. The third kappa shape index (κ3) is 12.2. The number of hydrogen-bond acceptors (Lipinski definition) is 15. The zero-order chi connectivity index (χ0) is 56.9. The quantitative estimate of drug-likeness (QED) is 0.0281. The Morgan fingerprint density at radius 2 is 1.43 bits per heavy atom. The van der Waals surface area contributed by atoms with E-state index in [4.69, 9.17) is 9.72 Å². The van der Waals surface area contributed by atoms with Gasteiger partial charge >= 0.3 is 11.9 Å². The molecular weight excluding hydrogens is 1040 g/mol. The number of rotatable bonds is 22. The van der Waals surface area contributed by atoms with Gasteiger partial charge in [-0.25, -0.2) is 14.2 Å². The molecule has 0 radical (unpaired) electrons. The van der Waals surface area contributed by atoms with Gasteiger partial charge in [-0.1, -0.05) is 37.3 Å². The minimum atomic E-state index is -2.12. The number of carboxylic acid groups (broad SMARTS) is 1. The summed E-state index contributed by atoms with van der Waals surface area (Å²) in [5.74, 6) is -9.49. The SMILES string of the molecule is CC[C@@]1(O)C(=O)OCc2c1cc1n(c2=O)Cc2c-1nc1cc(F)c(C)c3c1c2[C@@H](NC(=O)[C@H](CCC(=O)O)NC(=O)CNC(=O)CNC(=O)[C@H](Cc1ccccc1)NC(=O)CNC(=O)CNC(=O)CCN1C(=O)C=CC1=O)CC3. The number of hydrogen-bond donors (Lipinski definition) is 9. The molecule has 9 N–H and O–H groups in total. The summed E-state index contributed by atoms with van der Waals surface area (Å²) in [6.07, 6.45) is 1.24. The molecule has 0 bridgehead atoms. The van der Waals surface area contributed by atoms with E-state index in [-0.39, 0.29) is 86.3 Å². The maximum Gasteiger partial charge on any atom is 0.343 e. The van der Waals surface area contributed by atoms with Crippen LogP contribution in [0, 0.1) is 12.7 Å². The number of carbonyl (C=O) groups excluding carboxylic acids is 10. The molecule has 4 atom stereocenters. The van der Waals surface area contributed by atoms with Crippen molar-refractivity contribution in [2.24, 2.45) is 0 Å². The highest BCUT2D eigenvalue weighted by atomic mass is 19.1. The molecule has 0 unspecified atom stereocenters. The van der Waals surface area contributed by atoms with Crippen LogP contribution in [0.3, 0.4) is 0 Å². The van der Waals surface area contributed by atoms with E-state index in [1.54, 1.807) is 44.2 Å². The van der Waals surface area contributed by atoms with Crippen LogP contribution < -0.4 is 42.8 Å². The minimum absolute atomic E-state index is 0.0531. The number of pyridine rings is 2. The highest BCUT2D eigenvalue weighted by Gasteiger charge is 2.46. The Labute approximate surface area is 448 Å². The van der Waals surface area contributed by atoms with E-state index in [2.05, 4.69) is 37.2 Å². The summed E-state index contributed by atoms with van der Waals surface area (Å²) in [5, 5.41) is 38.8. The highest BCUT2D eigenvalue weighted by molar-refractivity contribution is 6.13. The zero-order valence-electron chi connectivity index (χ0n) is 42.7. The summed E-state index contributed by atoms with van der Waals surface area (Å²) in [7, 11) is 0. The molecule has 25 nitrogen and oxygen atoms in total. The van der Waals surface area contributed by atoms with Crippen molar-refractivity contribution in [1.82, 2.24) is 51.7 Å². The van der Waals surface area contributed by atoms with Gasteiger partial charge in [-0.15, -0.1) is 0 Å². The summed E-state index contributed by atoms with van der Waals surface area (Å²) in [4.78, 5) is 159. The largest absolute Gasteiger partial charge is 0.481 e. The molecule has 2 aromatic carbocycles. The fourth-order valence-corrected chi connectivity index (χ4v) is 9.96. The van der Waals surface area contributed by atoms with Crippen LogP contribution in [0.15, 0.2) is 59.4 Å². The van der Waals surface area contributed by atoms with E-state index in [1.165, 1.54) is 16.7 Å². The van der Waals surface area contributed by atoms with Gasteiger partial charge in [0.1, 0.15) is 24.5 Å². The first-order valence-corrected chi connectivity index (χ1v) is 25.2. The van der Waals surface area contributed by atoms with Crippen molar-refractivity contribution in [3.8, 4) is 11.4 Å². The first kappa shape index (κ1) is 56.0. The number of halogens is 1. The summed E-state index contributed by atoms with van der Waals surface area (Å²) >= 11 is 0. The number of aryl methyl sites for hydroxylation is 1. The lowest BCUT2D eigenvalue weighted by atomic mass is 9.81. The number of cyclic esters (lactones) is 1. The van der Waals surface area contributed by atoms with E-state index >= 15 is 4.39 Å². The van der Waals surface area contributed by atoms with Crippen LogP contribution in [0.4, 0.5) is 4.39 Å². The molecule has 1 aliphatic carbocycles. The first-order valence-electron chi connectivity index (χ1n) is 25.2. The van der Waals surface area contributed by atoms with Crippen LogP contribution >= 0.6 is 0 Å². The van der Waals surface area contributed by atoms with Gasteiger partial charge in [-0.05, 0) is 60.9 Å². The van der Waals surface area contributed by atoms with Gasteiger partial charge in [0.15, 0.2) is 5.60 Å². The third-order valence-electron chi connectivity index (χ3n) is 14.2. The molecule has 0 fully saturated rings. The molecule has 5 heterocycles. The van der Waals surface area contributed by atoms with Gasteiger partial charge in [0.2, 0.25) is 41.4 Å². The number of aliphatic carboxylic acids is 1. The molecule has 4 aromatic rings. The molecular formula is C53H55FN10O15. The van der Waals surface area contributed by atoms with Crippen LogP contribution in [-0.2, 0) is 89.1 Å². The summed E-state index contributed by atoms with van der Waals surface area (Å²) in [5.41, 5.74) is 0.784. The smallest absolute Gasteiger partial charge is 0.343 e. The second kappa shape index (κ2) is 23.6. The summed E-state index contributed by atoms with van der Waals surface area (Å²) in [6, 6.07) is 7.65. The average Bonchev–Trinajstić information content (AvgIpc) is 4.13. The van der Waals surface area contributed by atoms with Crippen LogP contribution in [0.5, 0.6) is 0 Å². The number of nitrogens with one attached hydrogen (secondary N) is 7. The second-order valence-corrected chi connectivity index (χ2v) is 19.2. The Kier molecular flexibility index (Phi) is 16.7. The molecule has 8 rings (SSSR count). The lowest BCUT2D eigenvalue weighted by molar-refractivity contribution is -0.172. The molecule has 9 amide bonds. The van der Waals surface area contributed by atoms with E-state index in [0.717, 1.165) is 17.1 Å². The number of nitrogens with zero attached hydrogens (tertiary/aromatic N) is 3. The number of carboxylic acids is 1. The zero-order valence-corrected chi connectivity index (χ0v) is 42.7. The van der Waals surface area contributed by atoms with Crippen molar-refractivity contribution < 1.29 is 72.1 Å². The van der Waals surface area contributed by atoms with E-state index in [0.29, 0.717) is 33.2 Å². The monoisotopic (exact) mass is 1090 g/mol. The molecule has 0 spiro atoms. The normalized spacial score (nSPS) is 17.3. The number of aliphatic hydroxyl groups is 1. The van der Waals surface area contributed by atoms with Gasteiger partial charge in [0.05, 0.1) is 61.2 Å². The van der Waals surface area contributed by atoms with Gasteiger partial charge in [-0.3, -0.25) is 57.6 Å². The van der Waals surface area contributed by atoms with Crippen molar-refractivity contribution in [2.45, 2.75) is 95.7 Å². The molecule has 4 aliphatic rings. The second-order valence-electron chi connectivity index (χ2n) is 19.2. The number of aromatic nitrogens is 2. The van der Waals surface area contributed by atoms with Crippen molar-refractivity contribution >= 4 is 76.0 Å². The predicted molar refractivity (Wildman–Crippen MR) is 272 cm³/mol. The lowest BCUT2D eigenvalue weighted by Crippen LogP contribution is -2.53. The molecule has 0 saturated heterocycles. The summed E-state index contributed by atoms with van der Waals surface area (Å²) in [6.45, 7) is -0.0409. The van der Waals surface area contributed by atoms with Crippen LogP contribution in [0.25, 0.3) is 22.3 Å². The minimum Gasteiger partial charge on any atom is -0.481 e. The predicted octanol–water partition coefficient (Wildman–Crippen LogP) is -1.51. The number of carbonyl (C=O) groups is 11. The van der Waals surface area contributed by atoms with Gasteiger partial charge in [-0.2, -0.15) is 0 Å². The number of amides is 9. The standard InChI is InChI=1S/C53H55FN10O15/c1-3-53(78)31-18-37-48-29(24-64(37)51(76)30(31)25-79-52(53)77)47-33(10-9-28-26(2)32(54)19-35(61-48)46(28)47)62-50(75)34(11-14-45(72)73)59-41(68)22-57-40(67)21-58-49(74)36(17-27-7-5-4-6-8-27)60-42(69)23-56-39(66)20-55-38(65)15-16-63-43(70)12-13-44(63)71/h4-8,12-13,18-19,33-34,36,78H,3,9-11,14-17,20-25H2,1-2H3,(H,55,65)(H,56,66)(H,57,67)(H,58,74)(H,59,68)(H,60,69)(H,62,75)(H,72,73)/t33-,34-,36-,53-/m0/s1. The number of ether oxygens (including phenoxy) is 1. The van der Waals surface area contributed by atoms with Crippen molar-refractivity contribution in [3.05, 3.63) is 110 Å². The maximum atomic E-state index is 15.5. The van der Waals surface area contributed by atoms with Gasteiger partial charge < -0.3 is 56.7 Å². The molecule has 2 aromatic heterocycles. The lowest BCUT2D eigenvalue weighted by Gasteiger charge is -2.31. The molecule has 414 valence electrons. The number of benzene rings is 2. The number of imide groups is 1. The number of esters is 1. The Balaban J connectivity index is 0.886. The summed E-state index contributed by atoms with van der Waals surface area (Å²) < 4.78 is 22.1. The maximum absolute atomic E-state index is 15.5. The fraction of sp³-hybridized carbons (Fsp3) is 0.377. The van der Waals surface area contributed by atoms with E-state index in [1.807, 2.05) is 0 Å². The number of fused-ring (bicyclic) bond motifs is 5. The topological polar surface area (TPSA) is 360 Å². The van der Waals surface area contributed by atoms with E-state index < -0.39 is 133 Å². The van der Waals surface area contributed by atoms with Crippen molar-refractivity contribution in [1.29, 1.82) is 0 Å². The van der Waals surface area contributed by atoms with Crippen LogP contribution in [-0.4, -0.2) is 135 Å². The van der Waals surface area contributed by atoms with Crippen molar-refractivity contribution in [3.63, 3.8) is 0 Å². The van der Waals surface area contributed by atoms with E-state index in [9.17, 15) is 67.7 Å². The Morgan fingerprint density at radius 3 is 2.09 bits per heavy atom. The van der Waals surface area contributed by atoms with Crippen LogP contribution in [0.1, 0.15) is 84.0 Å². The van der Waals surface area contributed by atoms with Gasteiger partial charge in [0.25, 0.3) is 17.4 Å². The Hall–Kier alpha value is -9.20. The highest BCUT2D eigenvalue weighted by Crippen LogP contribution is 2.46. The Bertz CT molecular complexity index is 3330. The molecule has 79 heavy (non-hydrogen) atoms. The Morgan fingerprint density at radius 1 is 0.797 bits per heavy atom. The molecule has 3 aliphatic heterocycles.